The van der Waals surface area contributed by atoms with Crippen molar-refractivity contribution in [3.63, 3.8) is 0 Å². The van der Waals surface area contributed by atoms with E-state index in [0.717, 1.165) is 19.0 Å². The van der Waals surface area contributed by atoms with E-state index in [1.54, 1.807) is 7.11 Å². The van der Waals surface area contributed by atoms with Crippen LogP contribution in [0.2, 0.25) is 0 Å². The van der Waals surface area contributed by atoms with Crippen molar-refractivity contribution >= 4 is 12.4 Å². The Hall–Kier alpha value is -1.28. The Morgan fingerprint density at radius 3 is 2.86 bits per heavy atom. The summed E-state index contributed by atoms with van der Waals surface area (Å²) in [5, 5.41) is 9.01. The van der Waals surface area contributed by atoms with Crippen LogP contribution in [-0.4, -0.2) is 31.1 Å². The van der Waals surface area contributed by atoms with Gasteiger partial charge in [-0.05, 0) is 43.0 Å². The van der Waals surface area contributed by atoms with E-state index in [2.05, 4.69) is 17.9 Å². The van der Waals surface area contributed by atoms with Crippen molar-refractivity contribution in [1.29, 1.82) is 5.26 Å². The summed E-state index contributed by atoms with van der Waals surface area (Å²) >= 11 is 0. The van der Waals surface area contributed by atoms with E-state index in [0.29, 0.717) is 23.9 Å². The minimum Gasteiger partial charge on any atom is -0.495 e. The van der Waals surface area contributed by atoms with Gasteiger partial charge in [-0.15, -0.1) is 12.4 Å². The Kier molecular flexibility index (Phi) is 6.97. The number of likely N-dealkylation sites (tertiary alicyclic amines) is 1. The Bertz CT molecular complexity index is 501. The van der Waals surface area contributed by atoms with Gasteiger partial charge in [-0.2, -0.15) is 5.26 Å². The number of halogens is 1. The van der Waals surface area contributed by atoms with Crippen LogP contribution < -0.4 is 10.5 Å². The molecule has 1 aliphatic rings. The first-order valence-corrected chi connectivity index (χ1v) is 7.19. The van der Waals surface area contributed by atoms with Gasteiger partial charge in [0.05, 0.1) is 12.7 Å². The fourth-order valence-electron chi connectivity index (χ4n) is 2.91. The van der Waals surface area contributed by atoms with Crippen molar-refractivity contribution < 1.29 is 4.74 Å². The summed E-state index contributed by atoms with van der Waals surface area (Å²) in [7, 11) is 1.60. The van der Waals surface area contributed by atoms with Crippen molar-refractivity contribution in [2.45, 2.75) is 32.4 Å². The van der Waals surface area contributed by atoms with Crippen molar-refractivity contribution in [2.24, 2.45) is 11.7 Å². The SMILES string of the molecule is COc1cc(CN2CCC(C)CC2CN)ccc1C#N.Cl. The molecule has 0 amide bonds. The van der Waals surface area contributed by atoms with Crippen LogP contribution in [0.15, 0.2) is 18.2 Å². The van der Waals surface area contributed by atoms with Crippen molar-refractivity contribution in [3.8, 4) is 11.8 Å². The lowest BCUT2D eigenvalue weighted by Crippen LogP contribution is -2.45. The molecule has 0 saturated carbocycles. The molecule has 116 valence electrons. The summed E-state index contributed by atoms with van der Waals surface area (Å²) in [6.45, 7) is 4.96. The summed E-state index contributed by atoms with van der Waals surface area (Å²) in [6.07, 6.45) is 2.40. The van der Waals surface area contributed by atoms with Crippen LogP contribution in [0, 0.1) is 17.2 Å². The fraction of sp³-hybridized carbons (Fsp3) is 0.562. The highest BCUT2D eigenvalue weighted by Gasteiger charge is 2.25. The largest absolute Gasteiger partial charge is 0.495 e. The molecule has 0 bridgehead atoms. The number of ether oxygens (including phenoxy) is 1. The zero-order valence-electron chi connectivity index (χ0n) is 12.7. The van der Waals surface area contributed by atoms with E-state index < -0.39 is 0 Å². The monoisotopic (exact) mass is 309 g/mol. The molecule has 1 fully saturated rings. The maximum Gasteiger partial charge on any atom is 0.136 e. The van der Waals surface area contributed by atoms with Gasteiger partial charge in [-0.3, -0.25) is 4.90 Å². The van der Waals surface area contributed by atoms with Gasteiger partial charge in [0, 0.05) is 19.1 Å². The molecular weight excluding hydrogens is 286 g/mol. The molecule has 0 aliphatic carbocycles. The summed E-state index contributed by atoms with van der Waals surface area (Å²) in [5.41, 5.74) is 7.66. The molecule has 2 rings (SSSR count). The minimum atomic E-state index is 0. The number of piperidine rings is 1. The lowest BCUT2D eigenvalue weighted by Gasteiger charge is -2.38. The van der Waals surface area contributed by atoms with E-state index in [4.69, 9.17) is 15.7 Å². The Balaban J connectivity index is 0.00000220. The number of benzene rings is 1. The highest BCUT2D eigenvalue weighted by Crippen LogP contribution is 2.25. The first-order valence-electron chi connectivity index (χ1n) is 7.19. The standard InChI is InChI=1S/C16H23N3O.ClH/c1-12-5-6-19(15(7-12)10-18)11-13-3-4-14(9-17)16(8-13)20-2;/h3-4,8,12,15H,5-7,10-11,18H2,1-2H3;1H. The summed E-state index contributed by atoms with van der Waals surface area (Å²) in [4.78, 5) is 2.45. The summed E-state index contributed by atoms with van der Waals surface area (Å²) in [5.74, 6) is 1.41. The first kappa shape index (κ1) is 17.8. The van der Waals surface area contributed by atoms with Crippen LogP contribution in [0.25, 0.3) is 0 Å². The quantitative estimate of drug-likeness (QED) is 0.928. The molecule has 1 heterocycles. The maximum absolute atomic E-state index is 9.01. The number of hydrogen-bond donors (Lipinski definition) is 1. The third-order valence-electron chi connectivity index (χ3n) is 4.14. The molecule has 0 radical (unpaired) electrons. The number of nitrogens with two attached hydrogens (primary N) is 1. The fourth-order valence-corrected chi connectivity index (χ4v) is 2.91. The van der Waals surface area contributed by atoms with E-state index in [9.17, 15) is 0 Å². The maximum atomic E-state index is 9.01. The van der Waals surface area contributed by atoms with E-state index in [-0.39, 0.29) is 12.4 Å². The molecule has 5 heteroatoms. The zero-order chi connectivity index (χ0) is 14.5. The lowest BCUT2D eigenvalue weighted by molar-refractivity contribution is 0.115. The van der Waals surface area contributed by atoms with Crippen molar-refractivity contribution in [1.82, 2.24) is 4.90 Å². The number of rotatable bonds is 4. The highest BCUT2D eigenvalue weighted by atomic mass is 35.5. The van der Waals surface area contributed by atoms with Crippen LogP contribution in [0.3, 0.4) is 0 Å². The van der Waals surface area contributed by atoms with E-state index in [1.807, 2.05) is 18.2 Å². The van der Waals surface area contributed by atoms with Crippen LogP contribution in [-0.2, 0) is 6.54 Å². The molecule has 1 aromatic carbocycles. The highest BCUT2D eigenvalue weighted by molar-refractivity contribution is 5.85. The first-order chi connectivity index (χ1) is 9.67. The van der Waals surface area contributed by atoms with Crippen LogP contribution in [0.4, 0.5) is 0 Å². The molecule has 1 aliphatic heterocycles. The summed E-state index contributed by atoms with van der Waals surface area (Å²) in [6, 6.07) is 8.40. The average Bonchev–Trinajstić information content (AvgIpc) is 2.48. The van der Waals surface area contributed by atoms with E-state index >= 15 is 0 Å². The predicted octanol–water partition coefficient (Wildman–Crippen LogP) is 2.55. The number of nitriles is 1. The molecule has 4 nitrogen and oxygen atoms in total. The predicted molar refractivity (Wildman–Crippen MR) is 86.6 cm³/mol. The van der Waals surface area contributed by atoms with Crippen molar-refractivity contribution in [2.75, 3.05) is 20.2 Å². The third kappa shape index (κ3) is 4.34. The molecule has 2 atom stereocenters. The number of methoxy groups -OCH3 is 1. The molecule has 1 aromatic rings. The normalized spacial score (nSPS) is 22.2. The molecule has 0 aromatic heterocycles. The van der Waals surface area contributed by atoms with Gasteiger partial charge in [0.2, 0.25) is 0 Å². The van der Waals surface area contributed by atoms with Gasteiger partial charge in [0.1, 0.15) is 11.8 Å². The summed E-state index contributed by atoms with van der Waals surface area (Å²) < 4.78 is 5.27. The second kappa shape index (κ2) is 8.23. The smallest absolute Gasteiger partial charge is 0.136 e. The van der Waals surface area contributed by atoms with Gasteiger partial charge < -0.3 is 10.5 Å². The number of nitrogens with zero attached hydrogens (tertiary/aromatic N) is 2. The van der Waals surface area contributed by atoms with Crippen LogP contribution >= 0.6 is 12.4 Å². The Labute approximate surface area is 133 Å². The van der Waals surface area contributed by atoms with Gasteiger partial charge in [-0.1, -0.05) is 13.0 Å². The lowest BCUT2D eigenvalue weighted by atomic mass is 9.92. The van der Waals surface area contributed by atoms with E-state index in [1.165, 1.54) is 18.4 Å². The topological polar surface area (TPSA) is 62.3 Å². The van der Waals surface area contributed by atoms with Crippen LogP contribution in [0.1, 0.15) is 30.9 Å². The molecular formula is C16H24ClN3O. The van der Waals surface area contributed by atoms with Gasteiger partial charge >= 0.3 is 0 Å². The molecule has 0 spiro atoms. The molecule has 2 unspecified atom stereocenters. The van der Waals surface area contributed by atoms with Gasteiger partial charge in [0.25, 0.3) is 0 Å². The molecule has 1 saturated heterocycles. The molecule has 21 heavy (non-hydrogen) atoms. The van der Waals surface area contributed by atoms with Crippen molar-refractivity contribution in [3.05, 3.63) is 29.3 Å². The van der Waals surface area contributed by atoms with Crippen LogP contribution in [0.5, 0.6) is 5.75 Å². The molecule has 2 N–H and O–H groups in total. The van der Waals surface area contributed by atoms with Gasteiger partial charge in [0.15, 0.2) is 0 Å². The second-order valence-electron chi connectivity index (χ2n) is 5.64. The average molecular weight is 310 g/mol. The second-order valence-corrected chi connectivity index (χ2v) is 5.64. The number of hydrogen-bond acceptors (Lipinski definition) is 4. The van der Waals surface area contributed by atoms with Gasteiger partial charge in [-0.25, -0.2) is 0 Å². The minimum absolute atomic E-state index is 0. The Morgan fingerprint density at radius 2 is 2.24 bits per heavy atom. The third-order valence-corrected chi connectivity index (χ3v) is 4.14. The Morgan fingerprint density at radius 1 is 1.48 bits per heavy atom. The zero-order valence-corrected chi connectivity index (χ0v) is 13.5.